The van der Waals surface area contributed by atoms with Gasteiger partial charge in [0.1, 0.15) is 0 Å². The van der Waals surface area contributed by atoms with Gasteiger partial charge in [-0.2, -0.15) is 0 Å². The van der Waals surface area contributed by atoms with E-state index >= 15 is 0 Å². The molecule has 0 heterocycles. The van der Waals surface area contributed by atoms with Gasteiger partial charge in [0.2, 0.25) is 5.91 Å². The molecule has 5 heteroatoms. The van der Waals surface area contributed by atoms with Crippen LogP contribution in [0.25, 0.3) is 0 Å². The van der Waals surface area contributed by atoms with Crippen LogP contribution in [0.1, 0.15) is 33.1 Å². The number of rotatable bonds is 7. The van der Waals surface area contributed by atoms with Crippen LogP contribution in [0.3, 0.4) is 0 Å². The molecule has 0 spiro atoms. The summed E-state index contributed by atoms with van der Waals surface area (Å²) in [6.07, 6.45) is 2.66. The second kappa shape index (κ2) is 6.00. The first kappa shape index (κ1) is 14.0. The summed E-state index contributed by atoms with van der Waals surface area (Å²) in [4.78, 5) is 22.7. The summed E-state index contributed by atoms with van der Waals surface area (Å²) in [5.74, 6) is -0.164. The third-order valence-corrected chi connectivity index (χ3v) is 2.78. The average Bonchev–Trinajstić information content (AvgIpc) is 3.07. The topological polar surface area (TPSA) is 67.4 Å². The number of carbonyl (C=O) groups is 2. The standard InChI is InChI=1S/C12H22N2O3/c1-12(2,11(16)17-3)8-13-7-6-10(15)14-9-4-5-9/h9,13H,4-8H2,1-3H3,(H,14,15). The van der Waals surface area contributed by atoms with Gasteiger partial charge in [0.15, 0.2) is 0 Å². The molecule has 1 aliphatic carbocycles. The van der Waals surface area contributed by atoms with E-state index < -0.39 is 5.41 Å². The van der Waals surface area contributed by atoms with E-state index in [4.69, 9.17) is 4.74 Å². The Morgan fingerprint density at radius 2 is 2.00 bits per heavy atom. The second-order valence-electron chi connectivity index (χ2n) is 5.14. The van der Waals surface area contributed by atoms with Gasteiger partial charge in [0.05, 0.1) is 12.5 Å². The van der Waals surface area contributed by atoms with Gasteiger partial charge in [-0.1, -0.05) is 0 Å². The predicted octanol–water partition coefficient (Wildman–Crippen LogP) is 0.444. The fourth-order valence-corrected chi connectivity index (χ4v) is 1.48. The molecule has 0 unspecified atom stereocenters. The van der Waals surface area contributed by atoms with E-state index in [-0.39, 0.29) is 11.9 Å². The molecule has 0 aromatic rings. The van der Waals surface area contributed by atoms with Crippen LogP contribution in [0.4, 0.5) is 0 Å². The molecule has 5 nitrogen and oxygen atoms in total. The summed E-state index contributed by atoms with van der Waals surface area (Å²) >= 11 is 0. The van der Waals surface area contributed by atoms with Gasteiger partial charge in [0.25, 0.3) is 0 Å². The smallest absolute Gasteiger partial charge is 0.312 e. The largest absolute Gasteiger partial charge is 0.469 e. The van der Waals surface area contributed by atoms with Crippen LogP contribution in [0.15, 0.2) is 0 Å². The molecular weight excluding hydrogens is 220 g/mol. The van der Waals surface area contributed by atoms with E-state index in [1.807, 2.05) is 13.8 Å². The Hall–Kier alpha value is -1.10. The first-order valence-corrected chi connectivity index (χ1v) is 6.04. The van der Waals surface area contributed by atoms with Crippen LogP contribution in [-0.4, -0.2) is 38.1 Å². The Labute approximate surface area is 102 Å². The summed E-state index contributed by atoms with van der Waals surface area (Å²) in [6.45, 7) is 4.72. The van der Waals surface area contributed by atoms with Crippen molar-refractivity contribution >= 4 is 11.9 Å². The van der Waals surface area contributed by atoms with Crippen molar-refractivity contribution in [2.75, 3.05) is 20.2 Å². The molecule has 1 aliphatic rings. The summed E-state index contributed by atoms with van der Waals surface area (Å²) in [5.41, 5.74) is -0.554. The number of ether oxygens (including phenoxy) is 1. The number of nitrogens with one attached hydrogen (secondary N) is 2. The van der Waals surface area contributed by atoms with Crippen LogP contribution in [-0.2, 0) is 14.3 Å². The van der Waals surface area contributed by atoms with Crippen molar-refractivity contribution in [3.8, 4) is 0 Å². The van der Waals surface area contributed by atoms with E-state index in [2.05, 4.69) is 10.6 Å². The van der Waals surface area contributed by atoms with Crippen molar-refractivity contribution in [3.63, 3.8) is 0 Å². The second-order valence-corrected chi connectivity index (χ2v) is 5.14. The number of amides is 1. The highest BCUT2D eigenvalue weighted by Crippen LogP contribution is 2.18. The molecule has 1 rings (SSSR count). The number of hydrogen-bond donors (Lipinski definition) is 2. The minimum Gasteiger partial charge on any atom is -0.469 e. The molecule has 0 aromatic heterocycles. The molecule has 17 heavy (non-hydrogen) atoms. The van der Waals surface area contributed by atoms with Crippen molar-refractivity contribution in [3.05, 3.63) is 0 Å². The van der Waals surface area contributed by atoms with Crippen molar-refractivity contribution in [1.29, 1.82) is 0 Å². The third kappa shape index (κ3) is 5.17. The average molecular weight is 242 g/mol. The molecule has 2 N–H and O–H groups in total. The SMILES string of the molecule is COC(=O)C(C)(C)CNCCC(=O)NC1CC1. The Morgan fingerprint density at radius 3 is 2.53 bits per heavy atom. The summed E-state index contributed by atoms with van der Waals surface area (Å²) in [7, 11) is 1.38. The van der Waals surface area contributed by atoms with E-state index in [9.17, 15) is 9.59 Å². The van der Waals surface area contributed by atoms with Crippen LogP contribution < -0.4 is 10.6 Å². The zero-order valence-electron chi connectivity index (χ0n) is 10.8. The number of carbonyl (C=O) groups excluding carboxylic acids is 2. The van der Waals surface area contributed by atoms with Crippen LogP contribution in [0.2, 0.25) is 0 Å². The lowest BCUT2D eigenvalue weighted by Crippen LogP contribution is -2.38. The lowest BCUT2D eigenvalue weighted by atomic mass is 9.94. The van der Waals surface area contributed by atoms with Crippen molar-refractivity contribution < 1.29 is 14.3 Å². The molecule has 0 radical (unpaired) electrons. The Kier molecular flexibility index (Phi) is 4.93. The first-order chi connectivity index (χ1) is 7.95. The van der Waals surface area contributed by atoms with Gasteiger partial charge in [-0.25, -0.2) is 0 Å². The molecule has 0 aromatic carbocycles. The molecular formula is C12H22N2O3. The molecule has 0 atom stereocenters. The van der Waals surface area contributed by atoms with Gasteiger partial charge < -0.3 is 15.4 Å². The van der Waals surface area contributed by atoms with Gasteiger partial charge in [-0.15, -0.1) is 0 Å². The first-order valence-electron chi connectivity index (χ1n) is 6.04. The fourth-order valence-electron chi connectivity index (χ4n) is 1.48. The zero-order valence-corrected chi connectivity index (χ0v) is 10.8. The monoisotopic (exact) mass is 242 g/mol. The van der Waals surface area contributed by atoms with Crippen LogP contribution in [0, 0.1) is 5.41 Å². The highest BCUT2D eigenvalue weighted by Gasteiger charge is 2.28. The van der Waals surface area contributed by atoms with E-state index in [0.29, 0.717) is 25.6 Å². The third-order valence-electron chi connectivity index (χ3n) is 2.78. The molecule has 0 aliphatic heterocycles. The van der Waals surface area contributed by atoms with E-state index in [1.165, 1.54) is 7.11 Å². The maximum Gasteiger partial charge on any atom is 0.312 e. The van der Waals surface area contributed by atoms with Crippen LogP contribution in [0.5, 0.6) is 0 Å². The fraction of sp³-hybridized carbons (Fsp3) is 0.833. The summed E-state index contributed by atoms with van der Waals surface area (Å²) < 4.78 is 4.70. The normalized spacial score (nSPS) is 15.5. The summed E-state index contributed by atoms with van der Waals surface area (Å²) in [5, 5.41) is 6.02. The number of methoxy groups -OCH3 is 1. The van der Waals surface area contributed by atoms with Gasteiger partial charge >= 0.3 is 5.97 Å². The lowest BCUT2D eigenvalue weighted by molar-refractivity contribution is -0.150. The molecule has 1 saturated carbocycles. The Bertz CT molecular complexity index is 285. The number of hydrogen-bond acceptors (Lipinski definition) is 4. The van der Waals surface area contributed by atoms with Crippen molar-refractivity contribution in [2.24, 2.45) is 5.41 Å². The van der Waals surface area contributed by atoms with Crippen molar-refractivity contribution in [1.82, 2.24) is 10.6 Å². The Morgan fingerprint density at radius 1 is 1.35 bits per heavy atom. The summed E-state index contributed by atoms with van der Waals surface area (Å²) in [6, 6.07) is 0.411. The number of esters is 1. The minimum atomic E-state index is -0.554. The molecule has 1 amide bonds. The quantitative estimate of drug-likeness (QED) is 0.502. The zero-order chi connectivity index (χ0) is 12.9. The van der Waals surface area contributed by atoms with Gasteiger partial charge in [-0.05, 0) is 26.7 Å². The van der Waals surface area contributed by atoms with Crippen LogP contribution >= 0.6 is 0 Å². The van der Waals surface area contributed by atoms with Gasteiger partial charge in [-0.3, -0.25) is 9.59 Å². The lowest BCUT2D eigenvalue weighted by Gasteiger charge is -2.21. The minimum absolute atomic E-state index is 0.0795. The van der Waals surface area contributed by atoms with Gasteiger partial charge in [0, 0.05) is 25.6 Å². The highest BCUT2D eigenvalue weighted by molar-refractivity contribution is 5.77. The van der Waals surface area contributed by atoms with E-state index in [1.54, 1.807) is 0 Å². The molecule has 1 fully saturated rings. The molecule has 0 saturated heterocycles. The maximum absolute atomic E-state index is 11.4. The van der Waals surface area contributed by atoms with Crippen molar-refractivity contribution in [2.45, 2.75) is 39.2 Å². The highest BCUT2D eigenvalue weighted by atomic mass is 16.5. The maximum atomic E-state index is 11.4. The molecule has 98 valence electrons. The molecule has 0 bridgehead atoms. The Balaban J connectivity index is 2.09. The predicted molar refractivity (Wildman–Crippen MR) is 64.4 cm³/mol. The van der Waals surface area contributed by atoms with E-state index in [0.717, 1.165) is 12.8 Å².